The number of hydrogen-bond donors (Lipinski definition) is 0. The van der Waals surface area contributed by atoms with Gasteiger partial charge < -0.3 is 4.57 Å². The maximum absolute atomic E-state index is 14.4. The van der Waals surface area contributed by atoms with Crippen LogP contribution < -0.4 is 5.56 Å². The SMILES string of the molecule is N#Cc1c(C(F)(F)F)cc(-c2cccc(-c3cc(C(F)(F)F)cc(C(F)(F)F)c3)c2)n(Cc2ccc(F)cc2F)c1=O. The van der Waals surface area contributed by atoms with Crippen molar-refractivity contribution in [2.24, 2.45) is 0 Å². The third-order valence-corrected chi connectivity index (χ3v) is 6.14. The van der Waals surface area contributed by atoms with Crippen LogP contribution in [0.2, 0.25) is 0 Å². The first kappa shape index (κ1) is 30.3. The molecule has 3 nitrogen and oxygen atoms in total. The van der Waals surface area contributed by atoms with Gasteiger partial charge in [-0.1, -0.05) is 24.3 Å². The molecule has 4 aromatic rings. The molecule has 42 heavy (non-hydrogen) atoms. The van der Waals surface area contributed by atoms with Crippen LogP contribution in [0.25, 0.3) is 22.4 Å². The molecule has 0 unspecified atom stereocenters. The molecule has 1 aromatic heterocycles. The van der Waals surface area contributed by atoms with E-state index in [2.05, 4.69) is 0 Å². The molecule has 218 valence electrons. The summed E-state index contributed by atoms with van der Waals surface area (Å²) < 4.78 is 150. The summed E-state index contributed by atoms with van der Waals surface area (Å²) in [6, 6.07) is 8.68. The van der Waals surface area contributed by atoms with Crippen LogP contribution in [0.15, 0.2) is 71.5 Å². The van der Waals surface area contributed by atoms with Gasteiger partial charge in [0.1, 0.15) is 23.3 Å². The number of benzene rings is 3. The van der Waals surface area contributed by atoms with E-state index < -0.39 is 75.8 Å². The van der Waals surface area contributed by atoms with Crippen LogP contribution in [0.1, 0.15) is 27.8 Å². The summed E-state index contributed by atoms with van der Waals surface area (Å²) in [7, 11) is 0. The average Bonchev–Trinajstić information content (AvgIpc) is 2.89. The van der Waals surface area contributed by atoms with Gasteiger partial charge in [-0.25, -0.2) is 8.78 Å². The Hall–Kier alpha value is -4.67. The van der Waals surface area contributed by atoms with E-state index >= 15 is 0 Å². The van der Waals surface area contributed by atoms with Crippen LogP contribution in [-0.4, -0.2) is 4.57 Å². The van der Waals surface area contributed by atoms with Crippen molar-refractivity contribution in [1.82, 2.24) is 4.57 Å². The second kappa shape index (κ2) is 10.6. The van der Waals surface area contributed by atoms with Crippen molar-refractivity contribution >= 4 is 0 Å². The summed E-state index contributed by atoms with van der Waals surface area (Å²) >= 11 is 0. The lowest BCUT2D eigenvalue weighted by Crippen LogP contribution is -2.29. The fourth-order valence-corrected chi connectivity index (χ4v) is 4.17. The monoisotopic (exact) mass is 602 g/mol. The van der Waals surface area contributed by atoms with Crippen molar-refractivity contribution in [3.63, 3.8) is 0 Å². The van der Waals surface area contributed by atoms with E-state index in [1.54, 1.807) is 0 Å². The predicted octanol–water partition coefficient (Wildman–Crippen LogP) is 8.44. The maximum Gasteiger partial charge on any atom is 0.417 e. The smallest absolute Gasteiger partial charge is 0.303 e. The molecule has 0 aliphatic rings. The first-order valence-corrected chi connectivity index (χ1v) is 11.5. The summed E-state index contributed by atoms with van der Waals surface area (Å²) in [6.45, 7) is -0.806. The highest BCUT2D eigenvalue weighted by Gasteiger charge is 2.38. The third kappa shape index (κ3) is 6.14. The molecule has 0 aliphatic heterocycles. The Balaban J connectivity index is 2.00. The van der Waals surface area contributed by atoms with Gasteiger partial charge in [0.25, 0.3) is 5.56 Å². The van der Waals surface area contributed by atoms with Crippen molar-refractivity contribution in [2.75, 3.05) is 0 Å². The van der Waals surface area contributed by atoms with Gasteiger partial charge in [-0.3, -0.25) is 4.79 Å². The highest BCUT2D eigenvalue weighted by atomic mass is 19.4. The summed E-state index contributed by atoms with van der Waals surface area (Å²) in [5.41, 5.74) is -9.98. The molecule has 0 radical (unpaired) electrons. The van der Waals surface area contributed by atoms with Gasteiger partial charge in [-0.2, -0.15) is 44.8 Å². The topological polar surface area (TPSA) is 45.8 Å². The van der Waals surface area contributed by atoms with Crippen molar-refractivity contribution in [3.8, 4) is 28.5 Å². The van der Waals surface area contributed by atoms with E-state index in [0.717, 1.165) is 42.5 Å². The Bertz CT molecular complexity index is 1740. The average molecular weight is 602 g/mol. The molecular formula is C28H13F11N2O. The zero-order chi connectivity index (χ0) is 31.2. The number of nitrogens with zero attached hydrogens (tertiary/aromatic N) is 2. The molecular weight excluding hydrogens is 589 g/mol. The van der Waals surface area contributed by atoms with Gasteiger partial charge in [0.05, 0.1) is 28.9 Å². The Morgan fingerprint density at radius 1 is 0.690 bits per heavy atom. The molecule has 0 fully saturated rings. The van der Waals surface area contributed by atoms with Gasteiger partial charge in [0.15, 0.2) is 0 Å². The van der Waals surface area contributed by atoms with Crippen LogP contribution in [0.3, 0.4) is 0 Å². The quantitative estimate of drug-likeness (QED) is 0.220. The molecule has 0 N–H and O–H groups in total. The lowest BCUT2D eigenvalue weighted by Gasteiger charge is -2.19. The van der Waals surface area contributed by atoms with Gasteiger partial charge in [0, 0.05) is 11.6 Å². The first-order chi connectivity index (χ1) is 19.4. The molecule has 0 saturated carbocycles. The third-order valence-electron chi connectivity index (χ3n) is 6.14. The Morgan fingerprint density at radius 2 is 1.29 bits per heavy atom. The van der Waals surface area contributed by atoms with Gasteiger partial charge in [-0.15, -0.1) is 0 Å². The highest BCUT2D eigenvalue weighted by Crippen LogP contribution is 2.40. The fourth-order valence-electron chi connectivity index (χ4n) is 4.17. The number of hydrogen-bond acceptors (Lipinski definition) is 2. The number of aromatic nitrogens is 1. The van der Waals surface area contributed by atoms with Crippen LogP contribution in [0.4, 0.5) is 48.3 Å². The number of pyridine rings is 1. The van der Waals surface area contributed by atoms with Crippen LogP contribution in [-0.2, 0) is 25.1 Å². The van der Waals surface area contributed by atoms with Gasteiger partial charge in [-0.05, 0) is 53.1 Å². The molecule has 0 amide bonds. The standard InChI is InChI=1S/C28H13F11N2O/c29-20-5-4-16(23(30)10-20)13-41-24(11-22(28(37,38)39)21(12-40)25(41)42)15-3-1-2-14(6-15)17-7-18(26(31,32)33)9-19(8-17)27(34,35)36/h1-11H,13H2. The minimum Gasteiger partial charge on any atom is -0.303 e. The summed E-state index contributed by atoms with van der Waals surface area (Å²) in [4.78, 5) is 13.1. The van der Waals surface area contributed by atoms with Crippen molar-refractivity contribution in [2.45, 2.75) is 25.1 Å². The Labute approximate surface area is 228 Å². The van der Waals surface area contributed by atoms with E-state index in [-0.39, 0.29) is 22.8 Å². The molecule has 0 spiro atoms. The fraction of sp³-hybridized carbons (Fsp3) is 0.143. The van der Waals surface area contributed by atoms with E-state index in [0.29, 0.717) is 28.8 Å². The summed E-state index contributed by atoms with van der Waals surface area (Å²) in [6.07, 6.45) is -15.6. The van der Waals surface area contributed by atoms with E-state index in [1.807, 2.05) is 0 Å². The second-order valence-corrected chi connectivity index (χ2v) is 8.93. The van der Waals surface area contributed by atoms with E-state index in [1.165, 1.54) is 0 Å². The number of halogens is 11. The zero-order valence-corrected chi connectivity index (χ0v) is 20.5. The molecule has 14 heteroatoms. The van der Waals surface area contributed by atoms with Gasteiger partial charge in [0.2, 0.25) is 0 Å². The molecule has 0 saturated heterocycles. The summed E-state index contributed by atoms with van der Waals surface area (Å²) in [5, 5.41) is 9.31. The van der Waals surface area contributed by atoms with Crippen LogP contribution in [0.5, 0.6) is 0 Å². The molecule has 1 heterocycles. The lowest BCUT2D eigenvalue weighted by molar-refractivity contribution is -0.143. The number of alkyl halides is 9. The molecule has 0 aliphatic carbocycles. The highest BCUT2D eigenvalue weighted by molar-refractivity contribution is 5.73. The largest absolute Gasteiger partial charge is 0.417 e. The minimum absolute atomic E-state index is 0.0987. The minimum atomic E-state index is -5.24. The number of nitriles is 1. The first-order valence-electron chi connectivity index (χ1n) is 11.5. The zero-order valence-electron chi connectivity index (χ0n) is 20.5. The van der Waals surface area contributed by atoms with E-state index in [9.17, 15) is 58.4 Å². The van der Waals surface area contributed by atoms with E-state index in [4.69, 9.17) is 0 Å². The van der Waals surface area contributed by atoms with Crippen molar-refractivity contribution in [3.05, 3.63) is 117 Å². The normalized spacial score (nSPS) is 12.3. The van der Waals surface area contributed by atoms with Crippen LogP contribution in [0, 0.1) is 23.0 Å². The predicted molar refractivity (Wildman–Crippen MR) is 127 cm³/mol. The van der Waals surface area contributed by atoms with Crippen LogP contribution >= 0.6 is 0 Å². The molecule has 4 rings (SSSR count). The Morgan fingerprint density at radius 3 is 1.81 bits per heavy atom. The summed E-state index contributed by atoms with van der Waals surface area (Å²) in [5.74, 6) is -2.18. The maximum atomic E-state index is 14.4. The lowest BCUT2D eigenvalue weighted by atomic mass is 9.96. The van der Waals surface area contributed by atoms with Gasteiger partial charge >= 0.3 is 18.5 Å². The Kier molecular flexibility index (Phi) is 7.66. The molecule has 3 aromatic carbocycles. The van der Waals surface area contributed by atoms with Crippen molar-refractivity contribution < 1.29 is 48.3 Å². The molecule has 0 atom stereocenters. The molecule has 0 bridgehead atoms. The second-order valence-electron chi connectivity index (χ2n) is 8.93. The number of rotatable bonds is 4. The van der Waals surface area contributed by atoms with Crippen molar-refractivity contribution in [1.29, 1.82) is 5.26 Å².